The second kappa shape index (κ2) is 7.07. The lowest BCUT2D eigenvalue weighted by Crippen LogP contribution is -2.43. The van der Waals surface area contributed by atoms with E-state index in [9.17, 15) is 14.0 Å². The van der Waals surface area contributed by atoms with Crippen LogP contribution < -0.4 is 10.1 Å². The second-order valence-corrected chi connectivity index (χ2v) is 7.19. The van der Waals surface area contributed by atoms with Crippen molar-refractivity contribution in [3.63, 3.8) is 0 Å². The van der Waals surface area contributed by atoms with Crippen molar-refractivity contribution in [1.82, 2.24) is 10.2 Å². The van der Waals surface area contributed by atoms with Crippen molar-refractivity contribution in [2.45, 2.75) is 32.0 Å². The Morgan fingerprint density at radius 3 is 2.71 bits per heavy atom. The molecule has 1 saturated heterocycles. The highest BCUT2D eigenvalue weighted by molar-refractivity contribution is 6.30. The molecule has 0 bridgehead atoms. The van der Waals surface area contributed by atoms with Crippen molar-refractivity contribution < 1.29 is 23.5 Å². The van der Waals surface area contributed by atoms with Crippen molar-refractivity contribution in [2.24, 2.45) is 0 Å². The Balaban J connectivity index is 1.69. The maximum Gasteiger partial charge on any atom is 0.325 e. The summed E-state index contributed by atoms with van der Waals surface area (Å²) in [6.45, 7) is 2.25. The molecule has 0 spiro atoms. The first-order valence-corrected chi connectivity index (χ1v) is 9.24. The standard InChI is InChI=1S/C20H18ClFN2O4/c1-2-20(14-3-5-16(22)6-4-14)18(25)24(19(26)23-20)9-12-7-15(21)8-13-10-27-11-28-17(12)13/h3-8H,2,9-11H2,1H3,(H,23,26). The minimum atomic E-state index is -1.23. The van der Waals surface area contributed by atoms with Gasteiger partial charge in [0.25, 0.3) is 5.91 Å². The third-order valence-corrected chi connectivity index (χ3v) is 5.34. The zero-order valence-electron chi connectivity index (χ0n) is 15.1. The summed E-state index contributed by atoms with van der Waals surface area (Å²) in [5.41, 5.74) is 0.698. The number of imide groups is 1. The van der Waals surface area contributed by atoms with Gasteiger partial charge >= 0.3 is 6.03 Å². The maximum absolute atomic E-state index is 13.3. The number of rotatable bonds is 4. The zero-order valence-corrected chi connectivity index (χ0v) is 15.9. The summed E-state index contributed by atoms with van der Waals surface area (Å²) in [6.07, 6.45) is 0.331. The Morgan fingerprint density at radius 1 is 1.25 bits per heavy atom. The van der Waals surface area contributed by atoms with Crippen LogP contribution in [0, 0.1) is 5.82 Å². The molecule has 2 aliphatic heterocycles. The molecule has 1 unspecified atom stereocenters. The number of amides is 3. The van der Waals surface area contributed by atoms with E-state index in [0.717, 1.165) is 10.5 Å². The van der Waals surface area contributed by atoms with Crippen molar-refractivity contribution in [2.75, 3.05) is 6.79 Å². The number of carbonyl (C=O) groups excluding carboxylic acids is 2. The van der Waals surface area contributed by atoms with Gasteiger partial charge in [-0.3, -0.25) is 9.69 Å². The molecule has 0 aromatic heterocycles. The van der Waals surface area contributed by atoms with Gasteiger partial charge in [-0.15, -0.1) is 0 Å². The van der Waals surface area contributed by atoms with Gasteiger partial charge in [-0.2, -0.15) is 0 Å². The van der Waals surface area contributed by atoms with E-state index in [1.54, 1.807) is 19.1 Å². The molecule has 2 aromatic rings. The molecule has 0 saturated carbocycles. The van der Waals surface area contributed by atoms with E-state index < -0.39 is 23.3 Å². The lowest BCUT2D eigenvalue weighted by molar-refractivity contribution is -0.132. The number of nitrogens with one attached hydrogen (secondary N) is 1. The Hall–Kier alpha value is -2.64. The van der Waals surface area contributed by atoms with Crippen LogP contribution in [0.2, 0.25) is 5.02 Å². The first kappa shape index (κ1) is 18.7. The summed E-state index contributed by atoms with van der Waals surface area (Å²) in [7, 11) is 0. The molecule has 146 valence electrons. The second-order valence-electron chi connectivity index (χ2n) is 6.75. The van der Waals surface area contributed by atoms with Crippen LogP contribution in [0.1, 0.15) is 30.0 Å². The van der Waals surface area contributed by atoms with E-state index in [1.165, 1.54) is 24.3 Å². The Morgan fingerprint density at radius 2 is 2.00 bits per heavy atom. The predicted octanol–water partition coefficient (Wildman–Crippen LogP) is 3.70. The molecule has 1 fully saturated rings. The minimum absolute atomic E-state index is 0.0104. The van der Waals surface area contributed by atoms with Gasteiger partial charge in [0.15, 0.2) is 6.79 Å². The third kappa shape index (κ3) is 3.00. The number of halogens is 2. The van der Waals surface area contributed by atoms with Gasteiger partial charge in [0, 0.05) is 16.1 Å². The fourth-order valence-corrected chi connectivity index (χ4v) is 3.95. The zero-order chi connectivity index (χ0) is 19.9. The molecule has 2 aromatic carbocycles. The van der Waals surface area contributed by atoms with Crippen LogP contribution in [0.3, 0.4) is 0 Å². The lowest BCUT2D eigenvalue weighted by Gasteiger charge is -2.26. The summed E-state index contributed by atoms with van der Waals surface area (Å²) in [5, 5.41) is 3.25. The number of fused-ring (bicyclic) bond motifs is 1. The number of hydrogen-bond donors (Lipinski definition) is 1. The molecule has 0 radical (unpaired) electrons. The molecule has 0 aliphatic carbocycles. The van der Waals surface area contributed by atoms with Crippen molar-refractivity contribution in [1.29, 1.82) is 0 Å². The molecule has 2 heterocycles. The Bertz CT molecular complexity index is 950. The SMILES string of the molecule is CCC1(c2ccc(F)cc2)NC(=O)N(Cc2cc(Cl)cc3c2OCOC3)C1=O. The average Bonchev–Trinajstić information content (AvgIpc) is 2.93. The van der Waals surface area contributed by atoms with Crippen LogP contribution in [0.15, 0.2) is 36.4 Å². The highest BCUT2D eigenvalue weighted by Crippen LogP contribution is 2.36. The van der Waals surface area contributed by atoms with Gasteiger partial charge < -0.3 is 14.8 Å². The van der Waals surface area contributed by atoms with E-state index in [1.807, 2.05) is 0 Å². The van der Waals surface area contributed by atoms with Gasteiger partial charge in [0.1, 0.15) is 17.1 Å². The van der Waals surface area contributed by atoms with Crippen LogP contribution >= 0.6 is 11.6 Å². The summed E-state index contributed by atoms with van der Waals surface area (Å²) in [4.78, 5) is 27.1. The summed E-state index contributed by atoms with van der Waals surface area (Å²) in [5.74, 6) is -0.229. The first-order chi connectivity index (χ1) is 13.4. The fourth-order valence-electron chi connectivity index (χ4n) is 3.69. The highest BCUT2D eigenvalue weighted by Gasteiger charge is 2.51. The van der Waals surface area contributed by atoms with Crippen LogP contribution in [0.25, 0.3) is 0 Å². The largest absolute Gasteiger partial charge is 0.467 e. The Labute approximate surface area is 166 Å². The molecule has 1 atom stereocenters. The first-order valence-electron chi connectivity index (χ1n) is 8.86. The topological polar surface area (TPSA) is 67.9 Å². The van der Waals surface area contributed by atoms with E-state index >= 15 is 0 Å². The number of hydrogen-bond acceptors (Lipinski definition) is 4. The minimum Gasteiger partial charge on any atom is -0.467 e. The summed E-state index contributed by atoms with van der Waals surface area (Å²) in [6, 6.07) is 8.48. The molecule has 4 rings (SSSR count). The van der Waals surface area contributed by atoms with Crippen LogP contribution in [0.5, 0.6) is 5.75 Å². The molecule has 2 aliphatic rings. The summed E-state index contributed by atoms with van der Waals surface area (Å²) < 4.78 is 24.2. The maximum atomic E-state index is 13.3. The Kier molecular flexibility index (Phi) is 4.72. The monoisotopic (exact) mass is 404 g/mol. The normalized spacial score (nSPS) is 21.3. The van der Waals surface area contributed by atoms with Gasteiger partial charge in [0.05, 0.1) is 13.2 Å². The molecule has 28 heavy (non-hydrogen) atoms. The van der Waals surface area contributed by atoms with Gasteiger partial charge in [-0.1, -0.05) is 30.7 Å². The number of carbonyl (C=O) groups is 2. The van der Waals surface area contributed by atoms with Gasteiger partial charge in [-0.05, 0) is 36.2 Å². The number of nitrogens with zero attached hydrogens (tertiary/aromatic N) is 1. The van der Waals surface area contributed by atoms with Crippen molar-refractivity contribution in [3.05, 3.63) is 63.9 Å². The number of ether oxygens (including phenoxy) is 2. The predicted molar refractivity (Wildman–Crippen MR) is 99.2 cm³/mol. The van der Waals surface area contributed by atoms with E-state index in [-0.39, 0.29) is 13.3 Å². The number of urea groups is 1. The molecular weight excluding hydrogens is 387 g/mol. The quantitative estimate of drug-likeness (QED) is 0.789. The molecule has 8 heteroatoms. The van der Waals surface area contributed by atoms with E-state index in [2.05, 4.69) is 5.32 Å². The average molecular weight is 405 g/mol. The number of benzene rings is 2. The van der Waals surface area contributed by atoms with Gasteiger partial charge in [-0.25, -0.2) is 9.18 Å². The van der Waals surface area contributed by atoms with Crippen molar-refractivity contribution in [3.8, 4) is 5.75 Å². The van der Waals surface area contributed by atoms with E-state index in [4.69, 9.17) is 21.1 Å². The lowest BCUT2D eigenvalue weighted by atomic mass is 9.87. The van der Waals surface area contributed by atoms with Crippen molar-refractivity contribution >= 4 is 23.5 Å². The van der Waals surface area contributed by atoms with Gasteiger partial charge in [0.2, 0.25) is 0 Å². The van der Waals surface area contributed by atoms with E-state index in [0.29, 0.717) is 34.9 Å². The fraction of sp³-hybridized carbons (Fsp3) is 0.300. The smallest absolute Gasteiger partial charge is 0.325 e. The summed E-state index contributed by atoms with van der Waals surface area (Å²) >= 11 is 6.18. The highest BCUT2D eigenvalue weighted by atomic mass is 35.5. The van der Waals surface area contributed by atoms with Crippen LogP contribution in [-0.4, -0.2) is 23.6 Å². The molecule has 1 N–H and O–H groups in total. The molecule has 6 nitrogen and oxygen atoms in total. The third-order valence-electron chi connectivity index (χ3n) is 5.12. The van der Waals surface area contributed by atoms with Crippen LogP contribution in [-0.2, 0) is 28.2 Å². The van der Waals surface area contributed by atoms with Crippen LogP contribution in [0.4, 0.5) is 9.18 Å². The molecular formula is C20H18ClFN2O4. The molecule has 3 amide bonds.